The van der Waals surface area contributed by atoms with E-state index in [0.29, 0.717) is 0 Å². The minimum absolute atomic E-state index is 0.843. The summed E-state index contributed by atoms with van der Waals surface area (Å²) in [6.07, 6.45) is 1.40. The SMILES string of the molecule is Cc1ccc([C@@H]2C[C@H]3CNC[C@H]32)cc1. The minimum atomic E-state index is 0.843. The summed E-state index contributed by atoms with van der Waals surface area (Å²) in [5.74, 6) is 2.75. The molecule has 1 aliphatic carbocycles. The van der Waals surface area contributed by atoms with E-state index in [1.54, 1.807) is 5.56 Å². The monoisotopic (exact) mass is 187 g/mol. The smallest absolute Gasteiger partial charge is 0.00114 e. The normalized spacial score (nSPS) is 35.1. The molecule has 1 nitrogen and oxygen atoms in total. The summed E-state index contributed by atoms with van der Waals surface area (Å²) in [4.78, 5) is 0. The van der Waals surface area contributed by atoms with Crippen molar-refractivity contribution >= 4 is 0 Å². The van der Waals surface area contributed by atoms with Crippen molar-refractivity contribution in [3.05, 3.63) is 35.4 Å². The van der Waals surface area contributed by atoms with Crippen LogP contribution < -0.4 is 5.32 Å². The van der Waals surface area contributed by atoms with Crippen molar-refractivity contribution in [2.75, 3.05) is 13.1 Å². The van der Waals surface area contributed by atoms with Crippen LogP contribution in [0.5, 0.6) is 0 Å². The first-order valence-corrected chi connectivity index (χ1v) is 5.62. The number of benzene rings is 1. The molecular weight excluding hydrogens is 170 g/mol. The Bertz CT molecular complexity index is 328. The van der Waals surface area contributed by atoms with Gasteiger partial charge < -0.3 is 5.32 Å². The fraction of sp³-hybridized carbons (Fsp3) is 0.538. The van der Waals surface area contributed by atoms with Gasteiger partial charge in [0, 0.05) is 0 Å². The van der Waals surface area contributed by atoms with E-state index in [-0.39, 0.29) is 0 Å². The number of aryl methyl sites for hydroxylation is 1. The molecule has 1 aromatic rings. The zero-order chi connectivity index (χ0) is 9.54. The van der Waals surface area contributed by atoms with Gasteiger partial charge in [0.25, 0.3) is 0 Å². The van der Waals surface area contributed by atoms with Gasteiger partial charge in [-0.05, 0) is 49.8 Å². The van der Waals surface area contributed by atoms with Gasteiger partial charge in [-0.25, -0.2) is 0 Å². The van der Waals surface area contributed by atoms with Crippen LogP contribution in [0, 0.1) is 18.8 Å². The molecule has 0 aromatic heterocycles. The predicted molar refractivity (Wildman–Crippen MR) is 58.4 cm³/mol. The molecule has 1 heteroatoms. The van der Waals surface area contributed by atoms with Crippen LogP contribution in [-0.4, -0.2) is 13.1 Å². The van der Waals surface area contributed by atoms with Gasteiger partial charge in [0.1, 0.15) is 0 Å². The molecule has 0 spiro atoms. The third-order valence-corrected chi connectivity index (χ3v) is 3.97. The minimum Gasteiger partial charge on any atom is -0.316 e. The molecule has 1 heterocycles. The van der Waals surface area contributed by atoms with Crippen LogP contribution >= 0.6 is 0 Å². The highest BCUT2D eigenvalue weighted by molar-refractivity contribution is 5.28. The summed E-state index contributed by atoms with van der Waals surface area (Å²) in [5.41, 5.74) is 2.93. The van der Waals surface area contributed by atoms with Gasteiger partial charge in [-0.1, -0.05) is 29.8 Å². The second-order valence-electron chi connectivity index (χ2n) is 4.84. The van der Waals surface area contributed by atoms with E-state index in [4.69, 9.17) is 0 Å². The molecular formula is C13H17N. The van der Waals surface area contributed by atoms with E-state index in [0.717, 1.165) is 17.8 Å². The van der Waals surface area contributed by atoms with Gasteiger partial charge in [-0.15, -0.1) is 0 Å². The Labute approximate surface area is 85.5 Å². The quantitative estimate of drug-likeness (QED) is 0.711. The molecule has 0 amide bonds. The molecule has 0 unspecified atom stereocenters. The molecule has 0 radical (unpaired) electrons. The lowest BCUT2D eigenvalue weighted by molar-refractivity contribution is 0.191. The van der Waals surface area contributed by atoms with E-state index >= 15 is 0 Å². The first-order valence-electron chi connectivity index (χ1n) is 5.62. The van der Waals surface area contributed by atoms with E-state index in [1.165, 1.54) is 25.1 Å². The van der Waals surface area contributed by atoms with E-state index < -0.39 is 0 Å². The van der Waals surface area contributed by atoms with Crippen molar-refractivity contribution in [3.63, 3.8) is 0 Å². The van der Waals surface area contributed by atoms with Crippen LogP contribution in [0.4, 0.5) is 0 Å². The lowest BCUT2D eigenvalue weighted by atomic mass is 9.64. The largest absolute Gasteiger partial charge is 0.316 e. The first-order chi connectivity index (χ1) is 6.84. The van der Waals surface area contributed by atoms with Gasteiger partial charge in [-0.2, -0.15) is 0 Å². The molecule has 74 valence electrons. The number of hydrogen-bond acceptors (Lipinski definition) is 1. The Morgan fingerprint density at radius 3 is 2.64 bits per heavy atom. The second-order valence-corrected chi connectivity index (χ2v) is 4.84. The van der Waals surface area contributed by atoms with Crippen molar-refractivity contribution in [2.24, 2.45) is 11.8 Å². The van der Waals surface area contributed by atoms with Crippen molar-refractivity contribution in [3.8, 4) is 0 Å². The van der Waals surface area contributed by atoms with Crippen molar-refractivity contribution < 1.29 is 0 Å². The third kappa shape index (κ3) is 1.19. The van der Waals surface area contributed by atoms with Crippen LogP contribution in [-0.2, 0) is 0 Å². The molecule has 14 heavy (non-hydrogen) atoms. The van der Waals surface area contributed by atoms with E-state index in [2.05, 4.69) is 36.5 Å². The molecule has 1 saturated carbocycles. The second kappa shape index (κ2) is 3.09. The molecule has 3 atom stereocenters. The highest BCUT2D eigenvalue weighted by Gasteiger charge is 2.44. The highest BCUT2D eigenvalue weighted by atomic mass is 14.9. The summed E-state index contributed by atoms with van der Waals surface area (Å²) < 4.78 is 0. The van der Waals surface area contributed by atoms with Crippen LogP contribution in [0.3, 0.4) is 0 Å². The Morgan fingerprint density at radius 2 is 1.93 bits per heavy atom. The maximum atomic E-state index is 3.50. The molecule has 2 aliphatic rings. The molecule has 1 saturated heterocycles. The van der Waals surface area contributed by atoms with E-state index in [9.17, 15) is 0 Å². The van der Waals surface area contributed by atoms with Crippen LogP contribution in [0.1, 0.15) is 23.5 Å². The lowest BCUT2D eigenvalue weighted by Crippen LogP contribution is -2.33. The highest BCUT2D eigenvalue weighted by Crippen LogP contribution is 2.48. The van der Waals surface area contributed by atoms with Gasteiger partial charge in [-0.3, -0.25) is 0 Å². The summed E-state index contributed by atoms with van der Waals surface area (Å²) in [6.45, 7) is 4.65. The number of hydrogen-bond donors (Lipinski definition) is 1. The third-order valence-electron chi connectivity index (χ3n) is 3.97. The van der Waals surface area contributed by atoms with Gasteiger partial charge in [0.2, 0.25) is 0 Å². The Morgan fingerprint density at radius 1 is 1.14 bits per heavy atom. The Balaban J connectivity index is 1.80. The maximum Gasteiger partial charge on any atom is -0.00114 e. The van der Waals surface area contributed by atoms with Crippen LogP contribution in [0.15, 0.2) is 24.3 Å². The van der Waals surface area contributed by atoms with Crippen LogP contribution in [0.25, 0.3) is 0 Å². The Hall–Kier alpha value is -0.820. The molecule has 1 aromatic carbocycles. The fourth-order valence-corrected chi connectivity index (χ4v) is 2.98. The average molecular weight is 187 g/mol. The van der Waals surface area contributed by atoms with Crippen molar-refractivity contribution in [2.45, 2.75) is 19.3 Å². The molecule has 1 aliphatic heterocycles. The molecule has 1 N–H and O–H groups in total. The zero-order valence-corrected chi connectivity index (χ0v) is 8.66. The topological polar surface area (TPSA) is 12.0 Å². The van der Waals surface area contributed by atoms with Crippen molar-refractivity contribution in [1.82, 2.24) is 5.32 Å². The van der Waals surface area contributed by atoms with Gasteiger partial charge >= 0.3 is 0 Å². The van der Waals surface area contributed by atoms with Crippen LogP contribution in [0.2, 0.25) is 0 Å². The maximum absolute atomic E-state index is 3.50. The fourth-order valence-electron chi connectivity index (χ4n) is 2.98. The van der Waals surface area contributed by atoms with Crippen molar-refractivity contribution in [1.29, 1.82) is 0 Å². The average Bonchev–Trinajstić information content (AvgIpc) is 2.52. The number of fused-ring (bicyclic) bond motifs is 1. The summed E-state index contributed by atoms with van der Waals surface area (Å²) in [5, 5.41) is 3.50. The van der Waals surface area contributed by atoms with E-state index in [1.807, 2.05) is 0 Å². The van der Waals surface area contributed by atoms with Gasteiger partial charge in [0.15, 0.2) is 0 Å². The van der Waals surface area contributed by atoms with Gasteiger partial charge in [0.05, 0.1) is 0 Å². The predicted octanol–water partition coefficient (Wildman–Crippen LogP) is 2.32. The summed E-state index contributed by atoms with van der Waals surface area (Å²) in [7, 11) is 0. The number of rotatable bonds is 1. The first kappa shape index (κ1) is 8.49. The zero-order valence-electron chi connectivity index (χ0n) is 8.66. The molecule has 3 rings (SSSR count). The summed E-state index contributed by atoms with van der Waals surface area (Å²) in [6, 6.07) is 9.11. The lowest BCUT2D eigenvalue weighted by Gasteiger charge is -2.40. The summed E-state index contributed by atoms with van der Waals surface area (Å²) >= 11 is 0. The standard InChI is InChI=1S/C13H17N/c1-9-2-4-10(5-3-9)12-6-11-7-14-8-13(11)12/h2-5,11-14H,6-8H2,1H3/t11-,12-,13+/m0/s1. The number of nitrogens with one attached hydrogen (secondary N) is 1. The molecule has 2 fully saturated rings. The molecule has 0 bridgehead atoms. The Kier molecular flexibility index (Phi) is 1.88.